The summed E-state index contributed by atoms with van der Waals surface area (Å²) in [6.45, 7) is 3.90. The number of rotatable bonds is 3. The third kappa shape index (κ3) is 3.04. The predicted molar refractivity (Wildman–Crippen MR) is 65.1 cm³/mol. The summed E-state index contributed by atoms with van der Waals surface area (Å²) < 4.78 is 38.9. The van der Waals surface area contributed by atoms with Crippen molar-refractivity contribution in [3.8, 4) is 5.69 Å². The van der Waals surface area contributed by atoms with Crippen molar-refractivity contribution >= 4 is 5.95 Å². The highest BCUT2D eigenvalue weighted by molar-refractivity contribution is 5.41. The van der Waals surface area contributed by atoms with E-state index in [1.54, 1.807) is 17.0 Å². The zero-order valence-electron chi connectivity index (χ0n) is 10.4. The van der Waals surface area contributed by atoms with Crippen LogP contribution < -0.4 is 5.32 Å². The van der Waals surface area contributed by atoms with Crippen LogP contribution in [0.25, 0.3) is 5.69 Å². The predicted octanol–water partition coefficient (Wildman–Crippen LogP) is 3.11. The van der Waals surface area contributed by atoms with Crippen LogP contribution in [0.15, 0.2) is 30.7 Å². The zero-order chi connectivity index (χ0) is 14.0. The molecule has 0 radical (unpaired) electrons. The molecule has 0 atom stereocenters. The highest BCUT2D eigenvalue weighted by Gasteiger charge is 2.32. The molecule has 0 saturated heterocycles. The van der Waals surface area contributed by atoms with E-state index in [0.29, 0.717) is 11.6 Å². The molecule has 4 nitrogen and oxygen atoms in total. The second-order valence-corrected chi connectivity index (χ2v) is 4.32. The minimum Gasteiger partial charge on any atom is -0.353 e. The summed E-state index contributed by atoms with van der Waals surface area (Å²) in [5.41, 5.74) is -0.386. The monoisotopic (exact) mass is 270 g/mol. The van der Waals surface area contributed by atoms with Crippen molar-refractivity contribution in [2.24, 2.45) is 0 Å². The molecular formula is C12H13F3N4. The fraction of sp³-hybridized carbons (Fsp3) is 0.333. The van der Waals surface area contributed by atoms with Crippen molar-refractivity contribution in [2.45, 2.75) is 26.1 Å². The van der Waals surface area contributed by atoms with Crippen molar-refractivity contribution in [1.29, 1.82) is 0 Å². The van der Waals surface area contributed by atoms with Gasteiger partial charge in [0, 0.05) is 18.4 Å². The maximum absolute atomic E-state index is 12.4. The van der Waals surface area contributed by atoms with Gasteiger partial charge in [-0.25, -0.2) is 9.97 Å². The van der Waals surface area contributed by atoms with Crippen LogP contribution in [-0.4, -0.2) is 20.6 Å². The van der Waals surface area contributed by atoms with Crippen molar-refractivity contribution in [3.63, 3.8) is 0 Å². The number of nitrogens with one attached hydrogen (secondary N) is 1. The number of anilines is 1. The van der Waals surface area contributed by atoms with Crippen LogP contribution in [0.5, 0.6) is 0 Å². The lowest BCUT2D eigenvalue weighted by Crippen LogP contribution is -2.14. The van der Waals surface area contributed by atoms with E-state index in [9.17, 15) is 13.2 Å². The summed E-state index contributed by atoms with van der Waals surface area (Å²) in [4.78, 5) is 7.53. The van der Waals surface area contributed by atoms with Gasteiger partial charge in [0.1, 0.15) is 5.69 Å². The van der Waals surface area contributed by atoms with Gasteiger partial charge in [0.25, 0.3) is 0 Å². The minimum absolute atomic E-state index is 0.170. The SMILES string of the molecule is CC(C)Nc1nccn1-c1ccc(C(F)(F)F)nc1. The highest BCUT2D eigenvalue weighted by Crippen LogP contribution is 2.27. The van der Waals surface area contributed by atoms with Crippen molar-refractivity contribution in [1.82, 2.24) is 14.5 Å². The number of hydrogen-bond acceptors (Lipinski definition) is 3. The topological polar surface area (TPSA) is 42.7 Å². The van der Waals surface area contributed by atoms with E-state index >= 15 is 0 Å². The van der Waals surface area contributed by atoms with Crippen LogP contribution in [0.1, 0.15) is 19.5 Å². The van der Waals surface area contributed by atoms with Gasteiger partial charge in [0.05, 0.1) is 11.9 Å². The molecule has 0 aliphatic rings. The molecule has 0 spiro atoms. The Hall–Kier alpha value is -2.05. The molecule has 2 aromatic heterocycles. The molecule has 102 valence electrons. The number of nitrogens with zero attached hydrogens (tertiary/aromatic N) is 3. The lowest BCUT2D eigenvalue weighted by atomic mass is 10.3. The molecule has 2 rings (SSSR count). The van der Waals surface area contributed by atoms with E-state index in [1.807, 2.05) is 13.8 Å². The Morgan fingerprint density at radius 1 is 1.21 bits per heavy atom. The lowest BCUT2D eigenvalue weighted by Gasteiger charge is -2.12. The Balaban J connectivity index is 2.30. The van der Waals surface area contributed by atoms with E-state index in [2.05, 4.69) is 15.3 Å². The fourth-order valence-corrected chi connectivity index (χ4v) is 1.57. The molecule has 0 aliphatic heterocycles. The van der Waals surface area contributed by atoms with E-state index in [4.69, 9.17) is 0 Å². The summed E-state index contributed by atoms with van der Waals surface area (Å²) >= 11 is 0. The van der Waals surface area contributed by atoms with Crippen LogP contribution in [-0.2, 0) is 6.18 Å². The third-order valence-electron chi connectivity index (χ3n) is 2.37. The lowest BCUT2D eigenvalue weighted by molar-refractivity contribution is -0.141. The molecule has 0 saturated carbocycles. The molecule has 2 heterocycles. The molecule has 0 aliphatic carbocycles. The molecule has 0 bridgehead atoms. The summed E-state index contributed by atoms with van der Waals surface area (Å²) in [5.74, 6) is 0.566. The Kier molecular flexibility index (Phi) is 3.46. The number of hydrogen-bond donors (Lipinski definition) is 1. The van der Waals surface area contributed by atoms with Crippen molar-refractivity contribution in [2.75, 3.05) is 5.32 Å². The molecule has 19 heavy (non-hydrogen) atoms. The first-order chi connectivity index (χ1) is 8.88. The molecule has 1 N–H and O–H groups in total. The quantitative estimate of drug-likeness (QED) is 0.931. The van der Waals surface area contributed by atoms with E-state index in [0.717, 1.165) is 6.07 Å². The van der Waals surface area contributed by atoms with Crippen molar-refractivity contribution in [3.05, 3.63) is 36.4 Å². The van der Waals surface area contributed by atoms with Gasteiger partial charge in [-0.05, 0) is 26.0 Å². The van der Waals surface area contributed by atoms with Gasteiger partial charge in [0.15, 0.2) is 0 Å². The summed E-state index contributed by atoms with van der Waals surface area (Å²) in [6, 6.07) is 2.49. The number of imidazole rings is 1. The van der Waals surface area contributed by atoms with Gasteiger partial charge in [-0.2, -0.15) is 13.2 Å². The normalized spacial score (nSPS) is 11.9. The van der Waals surface area contributed by atoms with Crippen molar-refractivity contribution < 1.29 is 13.2 Å². The van der Waals surface area contributed by atoms with Gasteiger partial charge < -0.3 is 5.32 Å². The minimum atomic E-state index is -4.42. The standard InChI is InChI=1S/C12H13F3N4/c1-8(2)18-11-16-5-6-19(11)9-3-4-10(17-7-9)12(13,14)15/h3-8H,1-2H3,(H,16,18). The second-order valence-electron chi connectivity index (χ2n) is 4.32. The maximum Gasteiger partial charge on any atom is 0.433 e. The Morgan fingerprint density at radius 3 is 2.47 bits per heavy atom. The summed E-state index contributed by atoms with van der Waals surface area (Å²) in [6.07, 6.45) is -0.0140. The first-order valence-electron chi connectivity index (χ1n) is 5.71. The summed E-state index contributed by atoms with van der Waals surface area (Å²) in [5, 5.41) is 3.10. The van der Waals surface area contributed by atoms with Crippen LogP contribution in [0.3, 0.4) is 0 Å². The highest BCUT2D eigenvalue weighted by atomic mass is 19.4. The first kappa shape index (κ1) is 13.4. The average Bonchev–Trinajstić information content (AvgIpc) is 2.75. The number of aromatic nitrogens is 3. The first-order valence-corrected chi connectivity index (χ1v) is 5.71. The molecular weight excluding hydrogens is 257 g/mol. The van der Waals surface area contributed by atoms with E-state index in [-0.39, 0.29) is 6.04 Å². The number of pyridine rings is 1. The largest absolute Gasteiger partial charge is 0.433 e. The third-order valence-corrected chi connectivity index (χ3v) is 2.37. The molecule has 0 unspecified atom stereocenters. The van der Waals surface area contributed by atoms with Crippen LogP contribution in [0.2, 0.25) is 0 Å². The van der Waals surface area contributed by atoms with Gasteiger partial charge in [0.2, 0.25) is 5.95 Å². The number of halogens is 3. The van der Waals surface area contributed by atoms with E-state index in [1.165, 1.54) is 12.3 Å². The smallest absolute Gasteiger partial charge is 0.353 e. The van der Waals surface area contributed by atoms with Gasteiger partial charge in [-0.15, -0.1) is 0 Å². The molecule has 0 amide bonds. The van der Waals surface area contributed by atoms with Gasteiger partial charge in [-0.1, -0.05) is 0 Å². The maximum atomic E-state index is 12.4. The Morgan fingerprint density at radius 2 is 1.95 bits per heavy atom. The van der Waals surface area contributed by atoms with Crippen LogP contribution in [0.4, 0.5) is 19.1 Å². The van der Waals surface area contributed by atoms with Crippen LogP contribution in [0, 0.1) is 0 Å². The molecule has 7 heteroatoms. The number of alkyl halides is 3. The Labute approximate surface area is 108 Å². The summed E-state index contributed by atoms with van der Waals surface area (Å²) in [7, 11) is 0. The van der Waals surface area contributed by atoms with Gasteiger partial charge >= 0.3 is 6.18 Å². The Bertz CT molecular complexity index is 543. The van der Waals surface area contributed by atoms with Gasteiger partial charge in [-0.3, -0.25) is 4.57 Å². The molecule has 2 aromatic rings. The molecule has 0 fully saturated rings. The molecule has 0 aromatic carbocycles. The van der Waals surface area contributed by atoms with E-state index < -0.39 is 11.9 Å². The zero-order valence-corrected chi connectivity index (χ0v) is 10.4. The second kappa shape index (κ2) is 4.91. The average molecular weight is 270 g/mol. The fourth-order valence-electron chi connectivity index (χ4n) is 1.57. The van der Waals surface area contributed by atoms with Crippen LogP contribution >= 0.6 is 0 Å².